The molecule has 214 valence electrons. The van der Waals surface area contributed by atoms with Gasteiger partial charge in [-0.1, -0.05) is 6.07 Å². The number of ether oxygens (including phenoxy) is 1. The molecule has 3 heterocycles. The number of likely N-dealkylation sites (tertiary alicyclic amines) is 1. The highest BCUT2D eigenvalue weighted by Crippen LogP contribution is 2.28. The van der Waals surface area contributed by atoms with E-state index in [0.717, 1.165) is 50.0 Å². The van der Waals surface area contributed by atoms with Gasteiger partial charge in [0.15, 0.2) is 0 Å². The Hall–Kier alpha value is -4.00. The molecule has 2 aromatic heterocycles. The number of carbonyl (C=O) groups excluding carboxylic acids is 1. The number of nitrogens with one attached hydrogen (secondary N) is 2. The van der Waals surface area contributed by atoms with Gasteiger partial charge in [0, 0.05) is 54.7 Å². The van der Waals surface area contributed by atoms with Crippen molar-refractivity contribution in [3.63, 3.8) is 0 Å². The van der Waals surface area contributed by atoms with Crippen LogP contribution in [0.1, 0.15) is 18.4 Å². The second-order valence-electron chi connectivity index (χ2n) is 9.80. The van der Waals surface area contributed by atoms with E-state index in [1.54, 1.807) is 53.9 Å². The molecule has 0 spiro atoms. The summed E-state index contributed by atoms with van der Waals surface area (Å²) in [5, 5.41) is 6.82. The van der Waals surface area contributed by atoms with Crippen LogP contribution in [0.2, 0.25) is 0 Å². The molecule has 4 aromatic rings. The molecule has 9 nitrogen and oxygen atoms in total. The molecule has 2 N–H and O–H groups in total. The smallest absolute Gasteiger partial charge is 0.326 e. The molecule has 0 aliphatic carbocycles. The normalized spacial score (nSPS) is 14.4. The largest absolute Gasteiger partial charge is 0.439 e. The third kappa shape index (κ3) is 8.03. The van der Waals surface area contributed by atoms with E-state index in [4.69, 9.17) is 4.74 Å². The van der Waals surface area contributed by atoms with Gasteiger partial charge in [-0.25, -0.2) is 22.6 Å². The first-order valence-electron chi connectivity index (χ1n) is 13.0. The number of pyridine rings is 1. The molecular weight excluding hydrogens is 565 g/mol. The number of hydrogen-bond donors (Lipinski definition) is 2. The molecule has 0 radical (unpaired) electrons. The zero-order valence-electron chi connectivity index (χ0n) is 22.4. The Kier molecular flexibility index (Phi) is 8.81. The van der Waals surface area contributed by atoms with Gasteiger partial charge in [-0.3, -0.25) is 14.5 Å². The summed E-state index contributed by atoms with van der Waals surface area (Å²) in [4.78, 5) is 21.8. The fraction of sp³-hybridized carbons (Fsp3) is 0.241. The van der Waals surface area contributed by atoms with E-state index >= 15 is 0 Å². The number of rotatable bonds is 9. The topological polar surface area (TPSA) is 104 Å². The summed E-state index contributed by atoms with van der Waals surface area (Å²) in [5.41, 5.74) is 2.91. The Morgan fingerprint density at radius 1 is 1.05 bits per heavy atom. The minimum Gasteiger partial charge on any atom is -0.439 e. The molecular formula is C29H30FN5O4S2. The lowest BCUT2D eigenvalue weighted by Crippen LogP contribution is -2.48. The van der Waals surface area contributed by atoms with Crippen molar-refractivity contribution in [3.8, 4) is 11.6 Å². The lowest BCUT2D eigenvalue weighted by molar-refractivity contribution is 0.199. The maximum atomic E-state index is 13.3. The van der Waals surface area contributed by atoms with E-state index in [9.17, 15) is 17.6 Å². The predicted octanol–water partition coefficient (Wildman–Crippen LogP) is 6.15. The number of amides is 2. The van der Waals surface area contributed by atoms with Gasteiger partial charge in [0.2, 0.25) is 15.9 Å². The number of halogens is 1. The van der Waals surface area contributed by atoms with Gasteiger partial charge in [0.25, 0.3) is 0 Å². The molecule has 0 atom stereocenters. The standard InChI is InChI=1S/C29H30FN5O4S2/c1-41(37,38)33-24-7-9-27(10-8-24)39-28-11-2-21(18-31-28)19-34-15-12-25(13-16-34)35(26-14-17-40-20-26)29(36)32-23-5-3-22(30)4-6-23/h2-11,14,17-18,20,25,33H,12-13,15-16,19H2,1H3,(H,32,36). The number of carbonyl (C=O) groups is 1. The zero-order valence-corrected chi connectivity index (χ0v) is 24.0. The van der Waals surface area contributed by atoms with Crippen LogP contribution in [0.25, 0.3) is 0 Å². The number of aromatic nitrogens is 1. The Morgan fingerprint density at radius 2 is 1.76 bits per heavy atom. The second-order valence-corrected chi connectivity index (χ2v) is 12.3. The summed E-state index contributed by atoms with van der Waals surface area (Å²) >= 11 is 1.54. The van der Waals surface area contributed by atoms with Crippen LogP contribution in [0.4, 0.5) is 26.2 Å². The number of piperidine rings is 1. The van der Waals surface area contributed by atoms with E-state index in [0.29, 0.717) is 23.0 Å². The first-order valence-corrected chi connectivity index (χ1v) is 15.9. The maximum absolute atomic E-state index is 13.3. The van der Waals surface area contributed by atoms with Gasteiger partial charge < -0.3 is 10.1 Å². The van der Waals surface area contributed by atoms with Crippen molar-refractivity contribution in [1.29, 1.82) is 0 Å². The number of nitrogens with zero attached hydrogens (tertiary/aromatic N) is 3. The third-order valence-corrected chi connectivity index (χ3v) is 7.88. The molecule has 1 aliphatic rings. The molecule has 12 heteroatoms. The molecule has 1 saturated heterocycles. The maximum Gasteiger partial charge on any atom is 0.326 e. The van der Waals surface area contributed by atoms with Crippen molar-refractivity contribution in [2.75, 3.05) is 34.3 Å². The van der Waals surface area contributed by atoms with Crippen molar-refractivity contribution >= 4 is 44.5 Å². The summed E-state index contributed by atoms with van der Waals surface area (Å²) in [6.45, 7) is 2.37. The first kappa shape index (κ1) is 28.5. The van der Waals surface area contributed by atoms with Crippen LogP contribution in [0.15, 0.2) is 83.7 Å². The fourth-order valence-corrected chi connectivity index (χ4v) is 5.88. The van der Waals surface area contributed by atoms with E-state index in [1.165, 1.54) is 12.1 Å². The van der Waals surface area contributed by atoms with Crippen LogP contribution in [-0.2, 0) is 16.6 Å². The summed E-state index contributed by atoms with van der Waals surface area (Å²) in [6, 6.07) is 17.9. The molecule has 0 unspecified atom stereocenters. The Balaban J connectivity index is 1.15. The van der Waals surface area contributed by atoms with Gasteiger partial charge >= 0.3 is 6.03 Å². The van der Waals surface area contributed by atoms with Crippen molar-refractivity contribution in [2.45, 2.75) is 25.4 Å². The summed E-state index contributed by atoms with van der Waals surface area (Å²) in [6.07, 6.45) is 4.51. The average Bonchev–Trinajstić information content (AvgIpc) is 3.47. The molecule has 2 aromatic carbocycles. The lowest BCUT2D eigenvalue weighted by Gasteiger charge is -2.38. The Labute approximate surface area is 242 Å². The first-order chi connectivity index (χ1) is 19.7. The monoisotopic (exact) mass is 595 g/mol. The minimum atomic E-state index is -3.34. The van der Waals surface area contributed by atoms with Crippen molar-refractivity contribution in [3.05, 3.63) is 95.1 Å². The highest BCUT2D eigenvalue weighted by atomic mass is 32.2. The van der Waals surface area contributed by atoms with Crippen LogP contribution in [-0.4, -0.2) is 49.7 Å². The van der Waals surface area contributed by atoms with E-state index in [2.05, 4.69) is 19.9 Å². The van der Waals surface area contributed by atoms with Gasteiger partial charge in [-0.2, -0.15) is 11.3 Å². The van der Waals surface area contributed by atoms with Gasteiger partial charge in [-0.05, 0) is 78.4 Å². The summed E-state index contributed by atoms with van der Waals surface area (Å²) < 4.78 is 44.2. The second kappa shape index (κ2) is 12.7. The van der Waals surface area contributed by atoms with E-state index in [1.807, 2.05) is 33.9 Å². The van der Waals surface area contributed by atoms with Gasteiger partial charge in [-0.15, -0.1) is 0 Å². The number of benzene rings is 2. The Bertz CT molecular complexity index is 1540. The fourth-order valence-electron chi connectivity index (χ4n) is 4.69. The van der Waals surface area contributed by atoms with E-state index < -0.39 is 10.0 Å². The van der Waals surface area contributed by atoms with Crippen LogP contribution < -0.4 is 19.7 Å². The average molecular weight is 596 g/mol. The van der Waals surface area contributed by atoms with Gasteiger partial charge in [0.1, 0.15) is 11.6 Å². The SMILES string of the molecule is CS(=O)(=O)Nc1ccc(Oc2ccc(CN3CCC(N(C(=O)Nc4ccc(F)cc4)c4ccsc4)CC3)cn2)cc1. The zero-order chi connectivity index (χ0) is 28.8. The van der Waals surface area contributed by atoms with Crippen LogP contribution >= 0.6 is 11.3 Å². The number of anilines is 3. The van der Waals surface area contributed by atoms with Crippen molar-refractivity contribution < 1.29 is 22.3 Å². The number of hydrogen-bond acceptors (Lipinski definition) is 7. The lowest BCUT2D eigenvalue weighted by atomic mass is 10.0. The number of urea groups is 1. The highest BCUT2D eigenvalue weighted by molar-refractivity contribution is 7.92. The van der Waals surface area contributed by atoms with Crippen LogP contribution in [0.5, 0.6) is 11.6 Å². The highest BCUT2D eigenvalue weighted by Gasteiger charge is 2.29. The quantitative estimate of drug-likeness (QED) is 0.241. The molecule has 5 rings (SSSR count). The molecule has 41 heavy (non-hydrogen) atoms. The third-order valence-electron chi connectivity index (χ3n) is 6.60. The molecule has 1 aliphatic heterocycles. The van der Waals surface area contributed by atoms with Crippen molar-refractivity contribution in [1.82, 2.24) is 9.88 Å². The summed E-state index contributed by atoms with van der Waals surface area (Å²) in [5.74, 6) is 0.637. The molecule has 0 saturated carbocycles. The minimum absolute atomic E-state index is 0.0363. The number of sulfonamides is 1. The molecule has 0 bridgehead atoms. The molecule has 2 amide bonds. The van der Waals surface area contributed by atoms with Crippen molar-refractivity contribution in [2.24, 2.45) is 0 Å². The van der Waals surface area contributed by atoms with Crippen LogP contribution in [0, 0.1) is 5.82 Å². The Morgan fingerprint density at radius 3 is 2.37 bits per heavy atom. The number of thiophene rings is 1. The summed E-state index contributed by atoms with van der Waals surface area (Å²) in [7, 11) is -3.34. The van der Waals surface area contributed by atoms with Crippen LogP contribution in [0.3, 0.4) is 0 Å². The predicted molar refractivity (Wildman–Crippen MR) is 160 cm³/mol. The van der Waals surface area contributed by atoms with Gasteiger partial charge in [0.05, 0.1) is 11.9 Å². The van der Waals surface area contributed by atoms with E-state index in [-0.39, 0.29) is 17.9 Å². The molecule has 1 fully saturated rings.